The summed E-state index contributed by atoms with van der Waals surface area (Å²) in [5.41, 5.74) is -0.504. The number of carbonyl (C=O) groups excluding carboxylic acids is 6. The second-order valence-electron chi connectivity index (χ2n) is 14.2. The zero-order valence-electron chi connectivity index (χ0n) is 27.3. The van der Waals surface area contributed by atoms with Gasteiger partial charge in [0, 0.05) is 12.6 Å². The first-order valence-corrected chi connectivity index (χ1v) is 16.2. The highest BCUT2D eigenvalue weighted by molar-refractivity contribution is 6.38. The van der Waals surface area contributed by atoms with Gasteiger partial charge in [-0.05, 0) is 55.8 Å². The van der Waals surface area contributed by atoms with Gasteiger partial charge in [-0.3, -0.25) is 28.8 Å². The summed E-state index contributed by atoms with van der Waals surface area (Å²) in [5.74, 6) is -3.68. The smallest absolute Gasteiger partial charge is 0.289 e. The molecule has 45 heavy (non-hydrogen) atoms. The lowest BCUT2D eigenvalue weighted by atomic mass is 9.82. The lowest BCUT2D eigenvalue weighted by molar-refractivity contribution is -0.146. The number of hydrogen-bond donors (Lipinski definition) is 5. The lowest BCUT2D eigenvalue weighted by Gasteiger charge is -2.38. The van der Waals surface area contributed by atoms with Crippen molar-refractivity contribution in [3.63, 3.8) is 0 Å². The summed E-state index contributed by atoms with van der Waals surface area (Å²) in [6.07, 6.45) is 8.94. The van der Waals surface area contributed by atoms with Gasteiger partial charge in [-0.25, -0.2) is 4.98 Å². The molecule has 4 rings (SSSR count). The molecule has 0 spiro atoms. The number of nitrogens with one attached hydrogen (secondary N) is 5. The molecule has 3 fully saturated rings. The second-order valence-corrected chi connectivity index (χ2v) is 14.2. The van der Waals surface area contributed by atoms with Gasteiger partial charge in [-0.2, -0.15) is 0 Å². The van der Waals surface area contributed by atoms with E-state index in [0.29, 0.717) is 0 Å². The molecule has 13 nitrogen and oxygen atoms in total. The first-order chi connectivity index (χ1) is 21.2. The number of Topliss-reactive ketones (excluding diaryl/α,β-unsaturated/α-hetero) is 1. The molecule has 0 radical (unpaired) electrons. The molecule has 1 aromatic rings. The first-order valence-electron chi connectivity index (χ1n) is 16.2. The van der Waals surface area contributed by atoms with E-state index in [1.165, 1.54) is 24.3 Å². The molecule has 248 valence electrons. The summed E-state index contributed by atoms with van der Waals surface area (Å²) < 4.78 is 0. The summed E-state index contributed by atoms with van der Waals surface area (Å²) in [6, 6.07) is -3.82. The highest BCUT2D eigenvalue weighted by atomic mass is 16.2. The fourth-order valence-electron chi connectivity index (χ4n) is 6.35. The predicted octanol–water partition coefficient (Wildman–Crippen LogP) is 1.45. The van der Waals surface area contributed by atoms with Crippen LogP contribution in [0.15, 0.2) is 12.5 Å². The van der Waals surface area contributed by atoms with Crippen LogP contribution in [0, 0.1) is 23.2 Å². The lowest BCUT2D eigenvalue weighted by Crippen LogP contribution is -2.62. The quantitative estimate of drug-likeness (QED) is 0.230. The van der Waals surface area contributed by atoms with Crippen LogP contribution in [0.4, 0.5) is 0 Å². The first kappa shape index (κ1) is 34.1. The molecule has 1 aliphatic heterocycles. The number of aromatic nitrogens is 2. The number of likely N-dealkylation sites (tertiary alicyclic amines) is 1. The highest BCUT2D eigenvalue weighted by Crippen LogP contribution is 2.33. The third-order valence-corrected chi connectivity index (χ3v) is 9.49. The van der Waals surface area contributed by atoms with Gasteiger partial charge in [-0.15, -0.1) is 0 Å². The van der Waals surface area contributed by atoms with E-state index in [9.17, 15) is 28.8 Å². The standard InChI is InChI=1S/C32H49N7O6/c1-17-15-39(24(18(17)2)29(43)35-19(3)25(40)30(44)36-21-12-13-21)31(45)26(32(4,5)6)38-28(42)23(20-10-8-7-9-11-20)37-27(41)22-14-33-16-34-22/h14,16-21,23-24,26H,7-13,15H2,1-6H3,(H,33,34)(H,35,43)(H,36,44)(H,37,41)(H,38,42)/t17-,18-,19-,23-,24-,26+/m0/s1. The largest absolute Gasteiger partial charge is 0.347 e. The number of ketones is 1. The summed E-state index contributed by atoms with van der Waals surface area (Å²) >= 11 is 0. The van der Waals surface area contributed by atoms with Crippen LogP contribution >= 0.6 is 0 Å². The minimum absolute atomic E-state index is 0.00854. The molecule has 2 heterocycles. The number of aromatic amines is 1. The molecule has 13 heteroatoms. The Morgan fingerprint density at radius 3 is 2.20 bits per heavy atom. The minimum Gasteiger partial charge on any atom is -0.347 e. The van der Waals surface area contributed by atoms with Crippen LogP contribution in [0.25, 0.3) is 0 Å². The summed E-state index contributed by atoms with van der Waals surface area (Å²) in [6.45, 7) is 11.1. The number of imidazole rings is 1. The molecule has 1 aromatic heterocycles. The van der Waals surface area contributed by atoms with Crippen LogP contribution in [0.2, 0.25) is 0 Å². The molecule has 5 N–H and O–H groups in total. The Hall–Kier alpha value is -3.77. The molecular formula is C32H49N7O6. The van der Waals surface area contributed by atoms with Crippen LogP contribution in [0.3, 0.4) is 0 Å². The third-order valence-electron chi connectivity index (χ3n) is 9.49. The van der Waals surface area contributed by atoms with Crippen molar-refractivity contribution in [2.75, 3.05) is 6.54 Å². The maximum atomic E-state index is 14.3. The zero-order chi connectivity index (χ0) is 33.1. The molecule has 5 amide bonds. The Morgan fingerprint density at radius 1 is 0.956 bits per heavy atom. The number of H-pyrrole nitrogens is 1. The van der Waals surface area contributed by atoms with Crippen molar-refractivity contribution >= 4 is 35.3 Å². The Balaban J connectivity index is 1.51. The molecule has 0 aromatic carbocycles. The SMILES string of the molecule is C[C@@H]1[C@@H](C(=O)N[C@@H](C)C(=O)C(=O)NC2CC2)N(C(=O)[C@@H](NC(=O)[C@@H](NC(=O)c2cnc[nH]2)C2CCCCC2)C(C)(C)C)C[C@@H]1C. The van der Waals surface area contributed by atoms with Crippen molar-refractivity contribution < 1.29 is 28.8 Å². The molecule has 1 saturated heterocycles. The van der Waals surface area contributed by atoms with E-state index in [0.717, 1.165) is 44.9 Å². The van der Waals surface area contributed by atoms with E-state index in [1.807, 2.05) is 34.6 Å². The molecule has 0 bridgehead atoms. The van der Waals surface area contributed by atoms with Crippen LogP contribution in [-0.4, -0.2) is 86.9 Å². The van der Waals surface area contributed by atoms with Gasteiger partial charge in [0.1, 0.15) is 23.8 Å². The van der Waals surface area contributed by atoms with Crippen molar-refractivity contribution in [2.45, 2.75) is 117 Å². The number of amides is 5. The van der Waals surface area contributed by atoms with Gasteiger partial charge in [0.25, 0.3) is 11.8 Å². The van der Waals surface area contributed by atoms with E-state index in [2.05, 4.69) is 31.2 Å². The predicted molar refractivity (Wildman–Crippen MR) is 165 cm³/mol. The Morgan fingerprint density at radius 2 is 1.62 bits per heavy atom. The number of carbonyl (C=O) groups is 6. The minimum atomic E-state index is -1.07. The molecule has 6 atom stereocenters. The zero-order valence-corrected chi connectivity index (χ0v) is 27.3. The van der Waals surface area contributed by atoms with E-state index < -0.39 is 64.9 Å². The van der Waals surface area contributed by atoms with Crippen molar-refractivity contribution in [2.24, 2.45) is 23.2 Å². The molecule has 0 unspecified atom stereocenters. The fraction of sp³-hybridized carbons (Fsp3) is 0.719. The van der Waals surface area contributed by atoms with Gasteiger partial charge in [0.15, 0.2) is 0 Å². The Bertz CT molecular complexity index is 1270. The van der Waals surface area contributed by atoms with E-state index in [1.54, 1.807) is 0 Å². The Kier molecular flexibility index (Phi) is 10.7. The van der Waals surface area contributed by atoms with Crippen molar-refractivity contribution in [3.8, 4) is 0 Å². The molecule has 2 saturated carbocycles. The van der Waals surface area contributed by atoms with Crippen LogP contribution < -0.4 is 21.3 Å². The highest BCUT2D eigenvalue weighted by Gasteiger charge is 2.48. The van der Waals surface area contributed by atoms with Crippen LogP contribution in [-0.2, 0) is 24.0 Å². The summed E-state index contributed by atoms with van der Waals surface area (Å²) in [5, 5.41) is 11.1. The van der Waals surface area contributed by atoms with Gasteiger partial charge >= 0.3 is 0 Å². The summed E-state index contributed by atoms with van der Waals surface area (Å²) in [4.78, 5) is 87.9. The monoisotopic (exact) mass is 627 g/mol. The fourth-order valence-corrected chi connectivity index (χ4v) is 6.35. The average molecular weight is 628 g/mol. The van der Waals surface area contributed by atoms with E-state index in [-0.39, 0.29) is 36.0 Å². The van der Waals surface area contributed by atoms with E-state index in [4.69, 9.17) is 0 Å². The van der Waals surface area contributed by atoms with Crippen molar-refractivity contribution in [1.29, 1.82) is 0 Å². The third kappa shape index (κ3) is 8.29. The topological polar surface area (TPSA) is 182 Å². The number of nitrogens with zero attached hydrogens (tertiary/aromatic N) is 2. The van der Waals surface area contributed by atoms with Gasteiger partial charge in [-0.1, -0.05) is 53.9 Å². The normalized spacial score (nSPS) is 24.2. The maximum absolute atomic E-state index is 14.3. The van der Waals surface area contributed by atoms with Crippen molar-refractivity contribution in [3.05, 3.63) is 18.2 Å². The van der Waals surface area contributed by atoms with Gasteiger partial charge < -0.3 is 31.2 Å². The molecular weight excluding hydrogens is 578 g/mol. The van der Waals surface area contributed by atoms with Crippen molar-refractivity contribution in [1.82, 2.24) is 36.1 Å². The molecule has 2 aliphatic carbocycles. The van der Waals surface area contributed by atoms with Gasteiger partial charge in [0.2, 0.25) is 23.5 Å². The number of hydrogen-bond acceptors (Lipinski definition) is 7. The number of rotatable bonds is 11. The average Bonchev–Trinajstić information content (AvgIpc) is 3.51. The second kappa shape index (κ2) is 14.1. The van der Waals surface area contributed by atoms with Gasteiger partial charge in [0.05, 0.1) is 18.6 Å². The Labute approximate surface area is 264 Å². The molecule has 3 aliphatic rings. The van der Waals surface area contributed by atoms with Crippen LogP contribution in [0.5, 0.6) is 0 Å². The summed E-state index contributed by atoms with van der Waals surface area (Å²) in [7, 11) is 0. The van der Waals surface area contributed by atoms with E-state index >= 15 is 0 Å². The van der Waals surface area contributed by atoms with Crippen LogP contribution in [0.1, 0.15) is 97.0 Å². The maximum Gasteiger partial charge on any atom is 0.289 e.